The highest BCUT2D eigenvalue weighted by Gasteiger charge is 2.44. The van der Waals surface area contributed by atoms with E-state index in [9.17, 15) is 24.6 Å². The number of likely N-dealkylation sites (tertiary alicyclic amines) is 1. The molecule has 2 fully saturated rings. The smallest absolute Gasteiger partial charge is 0.246 e. The van der Waals surface area contributed by atoms with Gasteiger partial charge >= 0.3 is 0 Å². The average molecular weight is 741 g/mol. The number of nitrogens with zero attached hydrogens (tertiary/aromatic N) is 5. The second-order valence-electron chi connectivity index (χ2n) is 14.9. The summed E-state index contributed by atoms with van der Waals surface area (Å²) in [5.41, 5.74) is 10.6. The van der Waals surface area contributed by atoms with Gasteiger partial charge in [0.25, 0.3) is 0 Å². The SMILES string of the molecule is Cc1ccsc1-c1ccc(CNC(=O)[C@@H]2C[C@@H](O)CN2C(=O)[C@@H](NC(=O)CN2CCN(c3cc(-c4ccccc4O)nnc3N)CC2)C(C)(C)C)cc1. The molecule has 0 bridgehead atoms. The molecule has 2 aromatic carbocycles. The number of aliphatic hydroxyl groups excluding tert-OH is 1. The number of amides is 3. The molecule has 2 aliphatic heterocycles. The highest BCUT2D eigenvalue weighted by molar-refractivity contribution is 7.13. The lowest BCUT2D eigenvalue weighted by molar-refractivity contribution is -0.144. The average Bonchev–Trinajstić information content (AvgIpc) is 3.75. The van der Waals surface area contributed by atoms with Crippen LogP contribution in [0.5, 0.6) is 5.75 Å². The van der Waals surface area contributed by atoms with Crippen molar-refractivity contribution >= 4 is 40.6 Å². The summed E-state index contributed by atoms with van der Waals surface area (Å²) >= 11 is 1.69. The molecular weight excluding hydrogens is 693 g/mol. The van der Waals surface area contributed by atoms with Crippen molar-refractivity contribution in [1.29, 1.82) is 0 Å². The summed E-state index contributed by atoms with van der Waals surface area (Å²) in [6.45, 7) is 10.3. The fourth-order valence-electron chi connectivity index (χ4n) is 6.89. The molecule has 0 aliphatic carbocycles. The minimum Gasteiger partial charge on any atom is -0.507 e. The van der Waals surface area contributed by atoms with Crippen LogP contribution in [0.4, 0.5) is 11.5 Å². The lowest BCUT2D eigenvalue weighted by Gasteiger charge is -2.37. The highest BCUT2D eigenvalue weighted by Crippen LogP contribution is 2.32. The quantitative estimate of drug-likeness (QED) is 0.162. The van der Waals surface area contributed by atoms with Crippen LogP contribution >= 0.6 is 11.3 Å². The van der Waals surface area contributed by atoms with Crippen molar-refractivity contribution in [2.75, 3.05) is 49.9 Å². The van der Waals surface area contributed by atoms with Gasteiger partial charge in [0, 0.05) is 56.1 Å². The number of aryl methyl sites for hydroxylation is 1. The van der Waals surface area contributed by atoms with E-state index in [1.807, 2.05) is 62.1 Å². The van der Waals surface area contributed by atoms with Crippen LogP contribution in [0.1, 0.15) is 38.3 Å². The zero-order valence-corrected chi connectivity index (χ0v) is 31.4. The first-order chi connectivity index (χ1) is 25.3. The number of carbonyl (C=O) groups is 3. The number of piperazine rings is 1. The lowest BCUT2D eigenvalue weighted by Crippen LogP contribution is -2.59. The summed E-state index contributed by atoms with van der Waals surface area (Å²) in [6.07, 6.45) is -0.732. The molecule has 0 unspecified atom stereocenters. The summed E-state index contributed by atoms with van der Waals surface area (Å²) in [5, 5.41) is 37.2. The second-order valence-corrected chi connectivity index (χ2v) is 15.8. The number of thiophene rings is 1. The molecule has 2 aromatic heterocycles. The van der Waals surface area contributed by atoms with Crippen LogP contribution in [-0.4, -0.2) is 105 Å². The second kappa shape index (κ2) is 15.9. The number of para-hydroxylation sites is 1. The normalized spacial score (nSPS) is 18.5. The third kappa shape index (κ3) is 8.78. The highest BCUT2D eigenvalue weighted by atomic mass is 32.1. The topological polar surface area (TPSA) is 177 Å². The number of rotatable bonds is 10. The first-order valence-electron chi connectivity index (χ1n) is 17.9. The van der Waals surface area contributed by atoms with Gasteiger partial charge < -0.3 is 36.4 Å². The molecule has 6 rings (SSSR count). The number of nitrogens with two attached hydrogens (primary N) is 1. The number of aromatic hydroxyl groups is 1. The van der Waals surface area contributed by atoms with Gasteiger partial charge in [0.05, 0.1) is 24.0 Å². The summed E-state index contributed by atoms with van der Waals surface area (Å²) in [5.74, 6) is -0.673. The molecule has 2 saturated heterocycles. The predicted octanol–water partition coefficient (Wildman–Crippen LogP) is 3.40. The molecule has 3 amide bonds. The standard InChI is InChI=1S/C39H48N8O5S/c1-24-13-18-53-34(24)26-11-9-25(10-12-26)21-41-37(51)31-19-27(48)22-47(31)38(52)35(39(2,3)4)42-33(50)23-45-14-16-46(17-15-45)30-20-29(43-44-36(30)40)28-7-5-6-8-32(28)49/h5-13,18,20,27,31,35,48-49H,14-17,19,21-23H2,1-4H3,(H2,40,44)(H,41,51)(H,42,50)/t27-,31+,35-/m1/s1. The maximum atomic E-state index is 14.1. The largest absolute Gasteiger partial charge is 0.507 e. The Hall–Kier alpha value is -5.05. The number of anilines is 2. The Kier molecular flexibility index (Phi) is 11.3. The van der Waals surface area contributed by atoms with E-state index >= 15 is 0 Å². The van der Waals surface area contributed by atoms with Crippen LogP contribution in [-0.2, 0) is 20.9 Å². The molecule has 13 nitrogen and oxygen atoms in total. The minimum atomic E-state index is -0.916. The van der Waals surface area contributed by atoms with E-state index in [0.29, 0.717) is 43.1 Å². The molecule has 0 spiro atoms. The van der Waals surface area contributed by atoms with E-state index in [0.717, 1.165) is 11.1 Å². The van der Waals surface area contributed by atoms with Gasteiger partial charge in [-0.25, -0.2) is 0 Å². The Balaban J connectivity index is 1.04. The zero-order chi connectivity index (χ0) is 37.9. The maximum Gasteiger partial charge on any atom is 0.246 e. The minimum absolute atomic E-state index is 0.00872. The number of nitrogen functional groups attached to an aromatic ring is 1. The third-order valence-corrected chi connectivity index (χ3v) is 11.0. The van der Waals surface area contributed by atoms with Gasteiger partial charge in [0.15, 0.2) is 5.82 Å². The van der Waals surface area contributed by atoms with Crippen LogP contribution < -0.4 is 21.3 Å². The van der Waals surface area contributed by atoms with E-state index in [-0.39, 0.29) is 49.4 Å². The Labute approximate surface area is 313 Å². The zero-order valence-electron chi connectivity index (χ0n) is 30.6. The number of hydrogen-bond acceptors (Lipinski definition) is 11. The van der Waals surface area contributed by atoms with Crippen LogP contribution in [0.3, 0.4) is 0 Å². The van der Waals surface area contributed by atoms with Gasteiger partial charge in [-0.3, -0.25) is 19.3 Å². The molecule has 14 heteroatoms. The number of carbonyl (C=O) groups excluding carboxylic acids is 3. The van der Waals surface area contributed by atoms with Crippen molar-refractivity contribution in [2.24, 2.45) is 5.41 Å². The predicted molar refractivity (Wildman–Crippen MR) is 206 cm³/mol. The number of aromatic nitrogens is 2. The van der Waals surface area contributed by atoms with Crippen LogP contribution in [0, 0.1) is 12.3 Å². The number of nitrogens with one attached hydrogen (secondary N) is 2. The Morgan fingerprint density at radius 2 is 1.74 bits per heavy atom. The van der Waals surface area contributed by atoms with Crippen molar-refractivity contribution in [2.45, 2.75) is 58.8 Å². The van der Waals surface area contributed by atoms with Gasteiger partial charge in [-0.05, 0) is 58.7 Å². The molecule has 0 saturated carbocycles. The molecule has 4 aromatic rings. The van der Waals surface area contributed by atoms with E-state index in [1.165, 1.54) is 15.3 Å². The van der Waals surface area contributed by atoms with Crippen molar-refractivity contribution in [1.82, 2.24) is 30.6 Å². The van der Waals surface area contributed by atoms with E-state index < -0.39 is 29.5 Å². The summed E-state index contributed by atoms with van der Waals surface area (Å²) in [4.78, 5) is 47.7. The monoisotopic (exact) mass is 740 g/mol. The molecule has 53 heavy (non-hydrogen) atoms. The molecule has 2 aliphatic rings. The fraction of sp³-hybridized carbons (Fsp3) is 0.410. The number of β-amino-alcohol motifs (C(OH)–C–C–N with tert-alkyl or cyclic N) is 1. The first-order valence-corrected chi connectivity index (χ1v) is 18.7. The van der Waals surface area contributed by atoms with Crippen LogP contribution in [0.25, 0.3) is 21.7 Å². The molecule has 280 valence electrons. The van der Waals surface area contributed by atoms with Crippen molar-refractivity contribution < 1.29 is 24.6 Å². The van der Waals surface area contributed by atoms with Gasteiger partial charge in [-0.1, -0.05) is 57.2 Å². The van der Waals surface area contributed by atoms with Crippen LogP contribution in [0.2, 0.25) is 0 Å². The number of aliphatic hydroxyl groups is 1. The number of phenols is 1. The van der Waals surface area contributed by atoms with Gasteiger partial charge in [-0.15, -0.1) is 21.5 Å². The fourth-order valence-corrected chi connectivity index (χ4v) is 7.83. The third-order valence-electron chi connectivity index (χ3n) is 9.89. The number of hydrogen-bond donors (Lipinski definition) is 5. The maximum absolute atomic E-state index is 14.1. The van der Waals surface area contributed by atoms with Crippen molar-refractivity contribution in [3.63, 3.8) is 0 Å². The van der Waals surface area contributed by atoms with E-state index in [1.54, 1.807) is 29.5 Å². The van der Waals surface area contributed by atoms with Crippen molar-refractivity contribution in [3.8, 4) is 27.4 Å². The molecule has 3 atom stereocenters. The van der Waals surface area contributed by atoms with Gasteiger partial charge in [-0.2, -0.15) is 0 Å². The number of benzene rings is 2. The molecular formula is C39H48N8O5S. The molecule has 4 heterocycles. The first kappa shape index (κ1) is 37.7. The molecule has 0 radical (unpaired) electrons. The van der Waals surface area contributed by atoms with Crippen LogP contribution in [0.15, 0.2) is 66.0 Å². The Morgan fingerprint density at radius 3 is 2.40 bits per heavy atom. The Morgan fingerprint density at radius 1 is 1.02 bits per heavy atom. The van der Waals surface area contributed by atoms with E-state index in [4.69, 9.17) is 5.73 Å². The van der Waals surface area contributed by atoms with Crippen molar-refractivity contribution in [3.05, 3.63) is 77.2 Å². The summed E-state index contributed by atoms with van der Waals surface area (Å²) in [6, 6.07) is 17.1. The summed E-state index contributed by atoms with van der Waals surface area (Å²) in [7, 11) is 0. The number of phenolic OH excluding ortho intramolecular Hbond substituents is 1. The molecule has 6 N–H and O–H groups in total. The Bertz CT molecular complexity index is 1940. The lowest BCUT2D eigenvalue weighted by atomic mass is 9.85. The van der Waals surface area contributed by atoms with E-state index in [2.05, 4.69) is 44.1 Å². The summed E-state index contributed by atoms with van der Waals surface area (Å²) < 4.78 is 0. The van der Waals surface area contributed by atoms with Gasteiger partial charge in [0.1, 0.15) is 17.8 Å². The van der Waals surface area contributed by atoms with Gasteiger partial charge in [0.2, 0.25) is 17.7 Å².